The van der Waals surface area contributed by atoms with Crippen LogP contribution in [0.3, 0.4) is 0 Å². The van der Waals surface area contributed by atoms with Gasteiger partial charge in [-0.3, -0.25) is 14.5 Å². The Hall–Kier alpha value is -3.40. The molecular formula is C32H37ClN6O2S. The SMILES string of the molecule is Cc1ccc(C(=O)N2CCN(c3cc(Cl)nc(SCC(=O)N4CCN(C/C=C/c5ccccc5)CC4)n3)C[C@H]2C)cc1. The number of nitrogens with zero attached hydrogens (tertiary/aromatic N) is 6. The van der Waals surface area contributed by atoms with Crippen LogP contribution in [0.5, 0.6) is 0 Å². The number of halogens is 1. The van der Waals surface area contributed by atoms with E-state index < -0.39 is 0 Å². The number of hydrogen-bond donors (Lipinski definition) is 0. The van der Waals surface area contributed by atoms with Gasteiger partial charge in [-0.2, -0.15) is 0 Å². The zero-order valence-corrected chi connectivity index (χ0v) is 25.7. The summed E-state index contributed by atoms with van der Waals surface area (Å²) in [5.74, 6) is 1.11. The van der Waals surface area contributed by atoms with E-state index in [1.54, 1.807) is 6.07 Å². The minimum Gasteiger partial charge on any atom is -0.353 e. The van der Waals surface area contributed by atoms with Gasteiger partial charge in [0.1, 0.15) is 11.0 Å². The lowest BCUT2D eigenvalue weighted by atomic mass is 10.1. The van der Waals surface area contributed by atoms with E-state index in [1.165, 1.54) is 17.3 Å². The van der Waals surface area contributed by atoms with Crippen LogP contribution in [0.25, 0.3) is 6.08 Å². The molecule has 2 saturated heterocycles. The van der Waals surface area contributed by atoms with E-state index >= 15 is 0 Å². The van der Waals surface area contributed by atoms with E-state index in [0.717, 1.165) is 31.0 Å². The fourth-order valence-corrected chi connectivity index (χ4v) is 6.22. The topological polar surface area (TPSA) is 72.9 Å². The van der Waals surface area contributed by atoms with Gasteiger partial charge in [0.2, 0.25) is 5.91 Å². The Morgan fingerprint density at radius 3 is 2.43 bits per heavy atom. The van der Waals surface area contributed by atoms with Crippen LogP contribution in [0.4, 0.5) is 5.82 Å². The van der Waals surface area contributed by atoms with Gasteiger partial charge in [0.25, 0.3) is 5.91 Å². The molecular weight excluding hydrogens is 568 g/mol. The summed E-state index contributed by atoms with van der Waals surface area (Å²) in [5.41, 5.74) is 3.03. The highest BCUT2D eigenvalue weighted by atomic mass is 35.5. The van der Waals surface area contributed by atoms with Gasteiger partial charge >= 0.3 is 0 Å². The number of rotatable bonds is 8. The van der Waals surface area contributed by atoms with E-state index in [1.807, 2.05) is 59.2 Å². The van der Waals surface area contributed by atoms with Gasteiger partial charge in [-0.05, 0) is 31.5 Å². The number of benzene rings is 2. The second-order valence-electron chi connectivity index (χ2n) is 10.8. The first-order valence-corrected chi connectivity index (χ1v) is 15.7. The van der Waals surface area contributed by atoms with Gasteiger partial charge in [0, 0.05) is 70.0 Å². The van der Waals surface area contributed by atoms with Crippen molar-refractivity contribution in [2.45, 2.75) is 25.0 Å². The highest BCUT2D eigenvalue weighted by Gasteiger charge is 2.29. The Morgan fingerprint density at radius 2 is 1.71 bits per heavy atom. The third kappa shape index (κ3) is 7.91. The van der Waals surface area contributed by atoms with Crippen LogP contribution in [0.1, 0.15) is 28.4 Å². The molecule has 3 heterocycles. The molecule has 1 atom stereocenters. The highest BCUT2D eigenvalue weighted by molar-refractivity contribution is 7.99. The second kappa shape index (κ2) is 14.2. The van der Waals surface area contributed by atoms with Crippen molar-refractivity contribution < 1.29 is 9.59 Å². The smallest absolute Gasteiger partial charge is 0.254 e. The molecule has 220 valence electrons. The predicted octanol–water partition coefficient (Wildman–Crippen LogP) is 4.74. The number of amides is 2. The van der Waals surface area contributed by atoms with E-state index in [9.17, 15) is 9.59 Å². The summed E-state index contributed by atoms with van der Waals surface area (Å²) in [5, 5.41) is 0.833. The van der Waals surface area contributed by atoms with Crippen molar-refractivity contribution in [1.82, 2.24) is 24.7 Å². The fraction of sp³-hybridized carbons (Fsp3) is 0.375. The quantitative estimate of drug-likeness (QED) is 0.209. The van der Waals surface area contributed by atoms with E-state index in [4.69, 9.17) is 16.6 Å². The molecule has 0 aliphatic carbocycles. The fourth-order valence-electron chi connectivity index (χ4n) is 5.24. The molecule has 5 rings (SSSR count). The summed E-state index contributed by atoms with van der Waals surface area (Å²) < 4.78 is 0. The van der Waals surface area contributed by atoms with Crippen LogP contribution in [-0.4, -0.2) is 101 Å². The zero-order valence-electron chi connectivity index (χ0n) is 24.2. The Balaban J connectivity index is 1.10. The van der Waals surface area contributed by atoms with Gasteiger partial charge in [-0.15, -0.1) is 0 Å². The standard InChI is InChI=1S/C32H37ClN6O2S/c1-24-10-12-27(13-11-24)31(41)39-20-19-38(22-25(39)2)29-21-28(33)34-32(35-29)42-23-30(40)37-17-15-36(16-18-37)14-6-9-26-7-4-3-5-8-26/h3-13,21,25H,14-20,22-23H2,1-2H3/b9-6+/t25-/m1/s1. The number of anilines is 1. The lowest BCUT2D eigenvalue weighted by Crippen LogP contribution is -2.54. The molecule has 0 N–H and O–H groups in total. The second-order valence-corrected chi connectivity index (χ2v) is 12.1. The Morgan fingerprint density at radius 1 is 0.976 bits per heavy atom. The molecule has 2 fully saturated rings. The Labute approximate surface area is 257 Å². The summed E-state index contributed by atoms with van der Waals surface area (Å²) in [6.45, 7) is 9.93. The normalized spacial score (nSPS) is 18.1. The van der Waals surface area contributed by atoms with Gasteiger partial charge in [0.05, 0.1) is 5.75 Å². The Bertz CT molecular complexity index is 1400. The van der Waals surface area contributed by atoms with Crippen LogP contribution in [0, 0.1) is 6.92 Å². The van der Waals surface area contributed by atoms with Crippen LogP contribution in [0.2, 0.25) is 5.15 Å². The number of thioether (sulfide) groups is 1. The first-order chi connectivity index (χ1) is 20.4. The highest BCUT2D eigenvalue weighted by Crippen LogP contribution is 2.25. The largest absolute Gasteiger partial charge is 0.353 e. The van der Waals surface area contributed by atoms with Crippen molar-refractivity contribution in [2.75, 3.05) is 63.0 Å². The molecule has 2 aromatic carbocycles. The zero-order chi connectivity index (χ0) is 29.5. The van der Waals surface area contributed by atoms with Crippen molar-refractivity contribution >= 4 is 47.1 Å². The summed E-state index contributed by atoms with van der Waals surface area (Å²) >= 11 is 7.69. The van der Waals surface area contributed by atoms with Crippen LogP contribution in [-0.2, 0) is 4.79 Å². The summed E-state index contributed by atoms with van der Waals surface area (Å²) in [7, 11) is 0. The molecule has 0 radical (unpaired) electrons. The van der Waals surface area contributed by atoms with Crippen molar-refractivity contribution in [2.24, 2.45) is 0 Å². The lowest BCUT2D eigenvalue weighted by Gasteiger charge is -2.40. The number of aryl methyl sites for hydroxylation is 1. The maximum atomic E-state index is 13.1. The van der Waals surface area contributed by atoms with Crippen molar-refractivity contribution in [3.05, 3.63) is 88.6 Å². The first kappa shape index (κ1) is 30.1. The summed E-state index contributed by atoms with van der Waals surface area (Å²) in [4.78, 5) is 43.5. The Kier molecular flexibility index (Phi) is 10.2. The van der Waals surface area contributed by atoms with Gasteiger partial charge in [0.15, 0.2) is 5.16 Å². The maximum Gasteiger partial charge on any atom is 0.254 e. The molecule has 1 aromatic heterocycles. The molecule has 8 nitrogen and oxygen atoms in total. The first-order valence-electron chi connectivity index (χ1n) is 14.4. The molecule has 10 heteroatoms. The van der Waals surface area contributed by atoms with Crippen LogP contribution in [0.15, 0.2) is 71.9 Å². The van der Waals surface area contributed by atoms with E-state index in [0.29, 0.717) is 48.6 Å². The minimum atomic E-state index is 0.00599. The molecule has 2 aliphatic rings. The molecule has 0 spiro atoms. The monoisotopic (exact) mass is 604 g/mol. The number of carbonyl (C=O) groups is 2. The average Bonchev–Trinajstić information content (AvgIpc) is 3.00. The third-order valence-electron chi connectivity index (χ3n) is 7.69. The minimum absolute atomic E-state index is 0.00599. The average molecular weight is 605 g/mol. The van der Waals surface area contributed by atoms with Crippen molar-refractivity contribution in [3.8, 4) is 0 Å². The number of hydrogen-bond acceptors (Lipinski definition) is 7. The van der Waals surface area contributed by atoms with Gasteiger partial charge in [-0.25, -0.2) is 9.97 Å². The number of carbonyl (C=O) groups excluding carboxylic acids is 2. The molecule has 0 bridgehead atoms. The maximum absolute atomic E-state index is 13.1. The predicted molar refractivity (Wildman–Crippen MR) is 170 cm³/mol. The van der Waals surface area contributed by atoms with E-state index in [-0.39, 0.29) is 23.6 Å². The van der Waals surface area contributed by atoms with Crippen LogP contribution >= 0.6 is 23.4 Å². The molecule has 2 aliphatic heterocycles. The number of aromatic nitrogens is 2. The molecule has 0 saturated carbocycles. The van der Waals surface area contributed by atoms with Crippen molar-refractivity contribution in [3.63, 3.8) is 0 Å². The molecule has 3 aromatic rings. The lowest BCUT2D eigenvalue weighted by molar-refractivity contribution is -0.130. The molecule has 0 unspecified atom stereocenters. The third-order valence-corrected chi connectivity index (χ3v) is 8.72. The van der Waals surface area contributed by atoms with Crippen molar-refractivity contribution in [1.29, 1.82) is 0 Å². The van der Waals surface area contributed by atoms with Gasteiger partial charge < -0.3 is 14.7 Å². The summed E-state index contributed by atoms with van der Waals surface area (Å²) in [6, 6.07) is 19.7. The van der Waals surface area contributed by atoms with E-state index in [2.05, 4.69) is 46.0 Å². The molecule has 2 amide bonds. The summed E-state index contributed by atoms with van der Waals surface area (Å²) in [6.07, 6.45) is 4.32. The number of piperazine rings is 2. The van der Waals surface area contributed by atoms with Gasteiger partial charge in [-0.1, -0.05) is 83.5 Å². The van der Waals surface area contributed by atoms with Crippen LogP contribution < -0.4 is 4.90 Å². The molecule has 42 heavy (non-hydrogen) atoms.